The van der Waals surface area contributed by atoms with Crippen molar-refractivity contribution in [3.8, 4) is 0 Å². The molecule has 4 nitrogen and oxygen atoms in total. The number of Topliss-reactive ketones (excluding diaryl/α,β-unsaturated/α-hetero) is 1. The molecule has 1 aliphatic carbocycles. The Balaban J connectivity index is 1.68. The predicted octanol–water partition coefficient (Wildman–Crippen LogP) is 4.47. The van der Waals surface area contributed by atoms with Crippen LogP contribution in [0.2, 0.25) is 0 Å². The van der Waals surface area contributed by atoms with Crippen LogP contribution in [0.25, 0.3) is 0 Å². The molecule has 0 bridgehead atoms. The molecule has 3 rings (SSSR count). The molecule has 1 aliphatic rings. The number of thioether (sulfide) groups is 1. The van der Waals surface area contributed by atoms with Crippen molar-refractivity contribution in [2.75, 3.05) is 12.8 Å². The minimum atomic E-state index is -0.208. The zero-order valence-corrected chi connectivity index (χ0v) is 16.5. The summed E-state index contributed by atoms with van der Waals surface area (Å²) in [7, 11) is 0. The highest BCUT2D eigenvalue weighted by molar-refractivity contribution is 7.98. The molecule has 1 N–H and O–H groups in total. The molecule has 1 fully saturated rings. The van der Waals surface area contributed by atoms with Crippen molar-refractivity contribution >= 4 is 23.5 Å². The van der Waals surface area contributed by atoms with E-state index in [2.05, 4.69) is 22.4 Å². The van der Waals surface area contributed by atoms with E-state index in [1.807, 2.05) is 18.4 Å². The lowest BCUT2D eigenvalue weighted by Crippen LogP contribution is -2.34. The average molecular weight is 383 g/mol. The lowest BCUT2D eigenvalue weighted by molar-refractivity contribution is -0.122. The molecule has 1 aromatic heterocycles. The highest BCUT2D eigenvalue weighted by Crippen LogP contribution is 2.34. The number of amides is 1. The number of nitrogens with zero attached hydrogens (tertiary/aromatic N) is 1. The zero-order chi connectivity index (χ0) is 19.1. The first-order chi connectivity index (χ1) is 13.2. The lowest BCUT2D eigenvalue weighted by atomic mass is 9.87. The molecule has 1 saturated carbocycles. The molecular weight excluding hydrogens is 356 g/mol. The Morgan fingerprint density at radius 1 is 1.15 bits per heavy atom. The third kappa shape index (κ3) is 5.42. The third-order valence-electron chi connectivity index (χ3n) is 5.25. The summed E-state index contributed by atoms with van der Waals surface area (Å²) in [6.07, 6.45) is 9.37. The fourth-order valence-corrected chi connectivity index (χ4v) is 4.13. The first kappa shape index (κ1) is 19.6. The maximum atomic E-state index is 12.9. The second-order valence-corrected chi connectivity index (χ2v) is 7.95. The Hall–Kier alpha value is -2.14. The number of rotatable bonds is 8. The number of benzene rings is 1. The summed E-state index contributed by atoms with van der Waals surface area (Å²) < 4.78 is 0. The van der Waals surface area contributed by atoms with Crippen molar-refractivity contribution in [3.63, 3.8) is 0 Å². The largest absolute Gasteiger partial charge is 0.348 e. The van der Waals surface area contributed by atoms with E-state index in [1.165, 1.54) is 30.6 Å². The highest BCUT2D eigenvalue weighted by Gasteiger charge is 2.27. The fraction of sp³-hybridized carbons (Fsp3) is 0.409. The Labute approximate surface area is 165 Å². The van der Waals surface area contributed by atoms with Crippen LogP contribution < -0.4 is 5.32 Å². The number of carbonyl (C=O) groups is 2. The first-order valence-corrected chi connectivity index (χ1v) is 10.8. The normalized spacial score (nSPS) is 15.4. The van der Waals surface area contributed by atoms with Crippen LogP contribution in [-0.4, -0.2) is 29.5 Å². The van der Waals surface area contributed by atoms with Gasteiger partial charge in [0.1, 0.15) is 5.69 Å². The minimum Gasteiger partial charge on any atom is -0.348 e. The van der Waals surface area contributed by atoms with E-state index in [0.29, 0.717) is 11.6 Å². The van der Waals surface area contributed by atoms with Gasteiger partial charge < -0.3 is 5.32 Å². The third-order valence-corrected chi connectivity index (χ3v) is 6.00. The summed E-state index contributed by atoms with van der Waals surface area (Å²) in [5.74, 6) is 0.150. The van der Waals surface area contributed by atoms with Crippen LogP contribution in [0.5, 0.6) is 0 Å². The summed E-state index contributed by atoms with van der Waals surface area (Å²) in [4.78, 5) is 30.4. The maximum absolute atomic E-state index is 12.9. The number of nitrogens with one attached hydrogen (secondary N) is 1. The minimum absolute atomic E-state index is 0.0140. The van der Waals surface area contributed by atoms with Crippen molar-refractivity contribution in [1.29, 1.82) is 0 Å². The van der Waals surface area contributed by atoms with Crippen LogP contribution in [-0.2, 0) is 4.79 Å². The van der Waals surface area contributed by atoms with E-state index < -0.39 is 0 Å². The summed E-state index contributed by atoms with van der Waals surface area (Å²) >= 11 is 1.69. The van der Waals surface area contributed by atoms with Crippen LogP contribution in [0.3, 0.4) is 0 Å². The van der Waals surface area contributed by atoms with Crippen molar-refractivity contribution in [2.24, 2.45) is 5.92 Å². The Kier molecular flexibility index (Phi) is 7.04. The maximum Gasteiger partial charge on any atom is 0.227 e. The second kappa shape index (κ2) is 9.70. The van der Waals surface area contributed by atoms with Gasteiger partial charge in [-0.3, -0.25) is 14.6 Å². The van der Waals surface area contributed by atoms with Gasteiger partial charge in [-0.2, -0.15) is 0 Å². The number of hydrogen-bond donors (Lipinski definition) is 1. The predicted molar refractivity (Wildman–Crippen MR) is 109 cm³/mol. The first-order valence-electron chi connectivity index (χ1n) is 9.53. The van der Waals surface area contributed by atoms with Gasteiger partial charge in [-0.25, -0.2) is 0 Å². The summed E-state index contributed by atoms with van der Waals surface area (Å²) in [5.41, 5.74) is 1.41. The molecule has 27 heavy (non-hydrogen) atoms. The molecule has 1 heterocycles. The Morgan fingerprint density at radius 3 is 2.52 bits per heavy atom. The van der Waals surface area contributed by atoms with E-state index in [4.69, 9.17) is 0 Å². The van der Waals surface area contributed by atoms with Crippen LogP contribution in [0.15, 0.2) is 53.6 Å². The topological polar surface area (TPSA) is 59.1 Å². The smallest absolute Gasteiger partial charge is 0.227 e. The molecule has 1 unspecified atom stereocenters. The zero-order valence-electron chi connectivity index (χ0n) is 15.7. The van der Waals surface area contributed by atoms with E-state index >= 15 is 0 Å². The number of ketones is 1. The van der Waals surface area contributed by atoms with Crippen LogP contribution in [0.1, 0.15) is 54.1 Å². The molecule has 0 radical (unpaired) electrons. The molecule has 2 aromatic rings. The second-order valence-electron chi connectivity index (χ2n) is 7.07. The van der Waals surface area contributed by atoms with Crippen molar-refractivity contribution in [3.05, 3.63) is 59.9 Å². The van der Waals surface area contributed by atoms with Gasteiger partial charge in [0.15, 0.2) is 5.78 Å². The number of pyridine rings is 1. The molecule has 1 amide bonds. The van der Waals surface area contributed by atoms with E-state index in [-0.39, 0.29) is 24.2 Å². The van der Waals surface area contributed by atoms with Gasteiger partial charge in [0.25, 0.3) is 0 Å². The average Bonchev–Trinajstić information content (AvgIpc) is 3.24. The van der Waals surface area contributed by atoms with Gasteiger partial charge in [-0.15, -0.1) is 11.8 Å². The van der Waals surface area contributed by atoms with E-state index in [9.17, 15) is 9.59 Å². The molecule has 0 saturated heterocycles. The fourth-order valence-electron chi connectivity index (χ4n) is 3.72. The van der Waals surface area contributed by atoms with E-state index in [0.717, 1.165) is 12.0 Å². The van der Waals surface area contributed by atoms with Gasteiger partial charge in [0.2, 0.25) is 5.91 Å². The van der Waals surface area contributed by atoms with Gasteiger partial charge in [0.05, 0.1) is 12.5 Å². The monoisotopic (exact) mass is 382 g/mol. The Morgan fingerprint density at radius 2 is 1.89 bits per heavy atom. The van der Waals surface area contributed by atoms with E-state index in [1.54, 1.807) is 36.2 Å². The molecule has 1 atom stereocenters. The quantitative estimate of drug-likeness (QED) is 0.541. The van der Waals surface area contributed by atoms with Gasteiger partial charge >= 0.3 is 0 Å². The van der Waals surface area contributed by atoms with Gasteiger partial charge in [0, 0.05) is 11.1 Å². The SMILES string of the molecule is CSc1ccc(C(CC2CCCC2)C(=O)NCC(=O)c2ccccn2)cc1. The molecule has 0 aliphatic heterocycles. The van der Waals surface area contributed by atoms with Crippen molar-refractivity contribution in [2.45, 2.75) is 42.9 Å². The summed E-state index contributed by atoms with van der Waals surface area (Å²) in [6, 6.07) is 13.4. The molecular formula is C22H26N2O2S. The molecule has 5 heteroatoms. The van der Waals surface area contributed by atoms with Gasteiger partial charge in [-0.1, -0.05) is 43.9 Å². The summed E-state index contributed by atoms with van der Waals surface area (Å²) in [6.45, 7) is -0.0140. The highest BCUT2D eigenvalue weighted by atomic mass is 32.2. The summed E-state index contributed by atoms with van der Waals surface area (Å²) in [5, 5.41) is 2.85. The number of aromatic nitrogens is 1. The van der Waals surface area contributed by atoms with Crippen LogP contribution in [0, 0.1) is 5.92 Å². The van der Waals surface area contributed by atoms with Crippen molar-refractivity contribution < 1.29 is 9.59 Å². The lowest BCUT2D eigenvalue weighted by Gasteiger charge is -2.21. The van der Waals surface area contributed by atoms with Crippen molar-refractivity contribution in [1.82, 2.24) is 10.3 Å². The number of hydrogen-bond acceptors (Lipinski definition) is 4. The molecule has 0 spiro atoms. The van der Waals surface area contributed by atoms with Gasteiger partial charge in [-0.05, 0) is 48.4 Å². The van der Waals surface area contributed by atoms with Crippen LogP contribution in [0.4, 0.5) is 0 Å². The molecule has 1 aromatic carbocycles. The number of carbonyl (C=O) groups excluding carboxylic acids is 2. The standard InChI is InChI=1S/C22H26N2O2S/c1-27-18-11-9-17(10-12-18)19(14-16-6-2-3-7-16)22(26)24-15-21(25)20-8-4-5-13-23-20/h4-5,8-13,16,19H,2-3,6-7,14-15H2,1H3,(H,24,26). The molecule has 142 valence electrons. The van der Waals surface area contributed by atoms with Crippen LogP contribution >= 0.6 is 11.8 Å². The Bertz CT molecular complexity index is 756.